The highest BCUT2D eigenvalue weighted by molar-refractivity contribution is 5.04. The number of rotatable bonds is 3. The van der Waals surface area contributed by atoms with E-state index in [0.717, 1.165) is 13.2 Å². The second-order valence-corrected chi connectivity index (χ2v) is 5.11. The van der Waals surface area contributed by atoms with E-state index >= 15 is 0 Å². The van der Waals surface area contributed by atoms with Crippen molar-refractivity contribution in [3.05, 3.63) is 0 Å². The van der Waals surface area contributed by atoms with E-state index in [4.69, 9.17) is 11.2 Å². The van der Waals surface area contributed by atoms with E-state index in [1.807, 2.05) is 0 Å². The Morgan fingerprint density at radius 3 is 2.50 bits per heavy atom. The van der Waals surface area contributed by atoms with Gasteiger partial charge < -0.3 is 4.74 Å². The molecule has 2 atom stereocenters. The lowest BCUT2D eigenvalue weighted by Gasteiger charge is -2.29. The fourth-order valence-corrected chi connectivity index (χ4v) is 1.69. The lowest BCUT2D eigenvalue weighted by Crippen LogP contribution is -2.47. The van der Waals surface area contributed by atoms with Gasteiger partial charge in [0.15, 0.2) is 0 Å². The van der Waals surface area contributed by atoms with E-state index in [2.05, 4.69) is 38.9 Å². The fourth-order valence-electron chi connectivity index (χ4n) is 1.69. The van der Waals surface area contributed by atoms with Gasteiger partial charge in [0.05, 0.1) is 19.3 Å². The van der Waals surface area contributed by atoms with Gasteiger partial charge in [-0.05, 0) is 5.92 Å². The van der Waals surface area contributed by atoms with Crippen LogP contribution in [0.5, 0.6) is 0 Å². The Hall–Kier alpha value is -0.520. The molecule has 14 heavy (non-hydrogen) atoms. The second kappa shape index (κ2) is 4.33. The van der Waals surface area contributed by atoms with Gasteiger partial charge in [0.25, 0.3) is 0 Å². The molecular weight excluding hydrogens is 174 g/mol. The van der Waals surface area contributed by atoms with Crippen LogP contribution in [0.3, 0.4) is 0 Å². The molecule has 1 aliphatic rings. The maximum absolute atomic E-state index is 5.49. The van der Waals surface area contributed by atoms with Crippen molar-refractivity contribution in [3.63, 3.8) is 0 Å². The minimum atomic E-state index is 0.154. The van der Waals surface area contributed by atoms with Crippen molar-refractivity contribution in [1.29, 1.82) is 0 Å². The summed E-state index contributed by atoms with van der Waals surface area (Å²) in [6, 6.07) is 0.534. The molecule has 2 nitrogen and oxygen atoms in total. The summed E-state index contributed by atoms with van der Waals surface area (Å²) in [4.78, 5) is 0. The van der Waals surface area contributed by atoms with E-state index in [1.54, 1.807) is 0 Å². The lowest BCUT2D eigenvalue weighted by molar-refractivity contribution is 0.166. The van der Waals surface area contributed by atoms with Crippen molar-refractivity contribution < 1.29 is 4.74 Å². The van der Waals surface area contributed by atoms with Crippen molar-refractivity contribution >= 4 is 0 Å². The molecular formula is C12H21NO. The molecule has 0 spiro atoms. The van der Waals surface area contributed by atoms with E-state index < -0.39 is 0 Å². The predicted molar refractivity (Wildman–Crippen MR) is 59.0 cm³/mol. The fraction of sp³-hybridized carbons (Fsp3) is 0.833. The monoisotopic (exact) mass is 195 g/mol. The maximum Gasteiger partial charge on any atom is 0.0713 e. The zero-order valence-corrected chi connectivity index (χ0v) is 9.63. The van der Waals surface area contributed by atoms with E-state index in [-0.39, 0.29) is 11.5 Å². The minimum Gasteiger partial charge on any atom is -0.379 e. The first kappa shape index (κ1) is 11.6. The molecule has 2 unspecified atom stereocenters. The van der Waals surface area contributed by atoms with Crippen LogP contribution in [0.25, 0.3) is 0 Å². The Morgan fingerprint density at radius 2 is 2.14 bits per heavy atom. The quantitative estimate of drug-likeness (QED) is 0.692. The van der Waals surface area contributed by atoms with Crippen LogP contribution in [-0.4, -0.2) is 25.3 Å². The second-order valence-electron chi connectivity index (χ2n) is 5.11. The number of nitrogens with one attached hydrogen (secondary N) is 1. The maximum atomic E-state index is 5.49. The van der Waals surface area contributed by atoms with Crippen molar-refractivity contribution in [2.45, 2.75) is 39.8 Å². The molecule has 1 rings (SSSR count). The molecule has 0 aliphatic carbocycles. The zero-order chi connectivity index (χ0) is 10.8. The zero-order valence-electron chi connectivity index (χ0n) is 9.63. The summed E-state index contributed by atoms with van der Waals surface area (Å²) in [7, 11) is 0. The summed E-state index contributed by atoms with van der Waals surface area (Å²) in [6.45, 7) is 10.3. The van der Waals surface area contributed by atoms with Gasteiger partial charge in [-0.15, -0.1) is 6.42 Å². The van der Waals surface area contributed by atoms with Crippen molar-refractivity contribution in [2.24, 2.45) is 11.3 Å². The average Bonchev–Trinajstić information content (AvgIpc) is 2.40. The van der Waals surface area contributed by atoms with E-state index in [1.165, 1.54) is 0 Å². The van der Waals surface area contributed by atoms with Crippen LogP contribution >= 0.6 is 0 Å². The third kappa shape index (κ3) is 2.50. The SMILES string of the molecule is C#CC(NC1COCC1(C)C)C(C)C. The van der Waals surface area contributed by atoms with Gasteiger partial charge in [-0.1, -0.05) is 33.6 Å². The van der Waals surface area contributed by atoms with Crippen LogP contribution in [0.2, 0.25) is 0 Å². The molecule has 0 saturated carbocycles. The summed E-state index contributed by atoms with van der Waals surface area (Å²) < 4.78 is 5.47. The van der Waals surface area contributed by atoms with Gasteiger partial charge in [0.2, 0.25) is 0 Å². The molecule has 2 heteroatoms. The molecule has 1 heterocycles. The molecule has 0 bridgehead atoms. The largest absolute Gasteiger partial charge is 0.379 e. The standard InChI is InChI=1S/C12H21NO/c1-6-10(9(2)3)13-11-7-14-8-12(11,4)5/h1,9-11,13H,7-8H2,2-5H3. The highest BCUT2D eigenvalue weighted by atomic mass is 16.5. The third-order valence-electron chi connectivity index (χ3n) is 2.93. The van der Waals surface area contributed by atoms with Gasteiger partial charge in [-0.2, -0.15) is 0 Å². The average molecular weight is 195 g/mol. The highest BCUT2D eigenvalue weighted by Gasteiger charge is 2.36. The Balaban J connectivity index is 2.55. The molecule has 1 saturated heterocycles. The topological polar surface area (TPSA) is 21.3 Å². The number of hydrogen-bond donors (Lipinski definition) is 1. The van der Waals surface area contributed by atoms with Crippen molar-refractivity contribution in [2.75, 3.05) is 13.2 Å². The number of hydrogen-bond acceptors (Lipinski definition) is 2. The molecule has 0 aromatic heterocycles. The molecule has 0 aromatic carbocycles. The van der Waals surface area contributed by atoms with Gasteiger partial charge >= 0.3 is 0 Å². The molecule has 80 valence electrons. The summed E-state index contributed by atoms with van der Waals surface area (Å²) in [6.07, 6.45) is 5.49. The first-order valence-corrected chi connectivity index (χ1v) is 5.27. The molecule has 1 fully saturated rings. The van der Waals surface area contributed by atoms with Gasteiger partial charge in [-0.3, -0.25) is 5.32 Å². The molecule has 1 N–H and O–H groups in total. The Kier molecular flexibility index (Phi) is 3.58. The Morgan fingerprint density at radius 1 is 1.50 bits per heavy atom. The third-order valence-corrected chi connectivity index (χ3v) is 2.93. The summed E-state index contributed by atoms with van der Waals surface area (Å²) in [5.41, 5.74) is 0.198. The molecule has 1 aliphatic heterocycles. The minimum absolute atomic E-state index is 0.154. The normalized spacial score (nSPS) is 27.6. The van der Waals surface area contributed by atoms with E-state index in [0.29, 0.717) is 12.0 Å². The Labute approximate surface area is 87.4 Å². The highest BCUT2D eigenvalue weighted by Crippen LogP contribution is 2.27. The van der Waals surface area contributed by atoms with Gasteiger partial charge in [0.1, 0.15) is 0 Å². The van der Waals surface area contributed by atoms with Crippen LogP contribution in [0.15, 0.2) is 0 Å². The van der Waals surface area contributed by atoms with Crippen molar-refractivity contribution in [1.82, 2.24) is 5.32 Å². The number of ether oxygens (including phenoxy) is 1. The Bertz CT molecular complexity index is 227. The van der Waals surface area contributed by atoms with Gasteiger partial charge in [0, 0.05) is 11.5 Å². The summed E-state index contributed by atoms with van der Waals surface area (Å²) in [5.74, 6) is 3.27. The number of terminal acetylenes is 1. The molecule has 0 radical (unpaired) electrons. The molecule has 0 aromatic rings. The molecule has 0 amide bonds. The summed E-state index contributed by atoms with van der Waals surface area (Å²) >= 11 is 0. The first-order valence-electron chi connectivity index (χ1n) is 5.27. The smallest absolute Gasteiger partial charge is 0.0713 e. The lowest BCUT2D eigenvalue weighted by atomic mass is 9.87. The first-order chi connectivity index (χ1) is 6.47. The summed E-state index contributed by atoms with van der Waals surface area (Å²) in [5, 5.41) is 3.49. The van der Waals surface area contributed by atoms with E-state index in [9.17, 15) is 0 Å². The van der Waals surface area contributed by atoms with Crippen LogP contribution < -0.4 is 5.32 Å². The van der Waals surface area contributed by atoms with Crippen LogP contribution in [0.4, 0.5) is 0 Å². The van der Waals surface area contributed by atoms with Crippen LogP contribution in [0, 0.1) is 23.7 Å². The van der Waals surface area contributed by atoms with Gasteiger partial charge in [-0.25, -0.2) is 0 Å². The van der Waals surface area contributed by atoms with Crippen LogP contribution in [-0.2, 0) is 4.74 Å². The van der Waals surface area contributed by atoms with Crippen LogP contribution in [0.1, 0.15) is 27.7 Å². The predicted octanol–water partition coefficient (Wildman–Crippen LogP) is 1.66. The van der Waals surface area contributed by atoms with Crippen molar-refractivity contribution in [3.8, 4) is 12.3 Å².